The second-order valence-corrected chi connectivity index (χ2v) is 12.4. The van der Waals surface area contributed by atoms with Crippen LogP contribution in [0.1, 0.15) is 49.2 Å². The molecule has 0 saturated carbocycles. The zero-order valence-corrected chi connectivity index (χ0v) is 25.1. The summed E-state index contributed by atoms with van der Waals surface area (Å²) in [5.41, 5.74) is 3.15. The minimum Gasteiger partial charge on any atom is -0.371 e. The first kappa shape index (κ1) is 26.8. The van der Waals surface area contributed by atoms with Crippen LogP contribution in [0.3, 0.4) is 0 Å². The third-order valence-corrected chi connectivity index (χ3v) is 9.21. The first-order chi connectivity index (χ1) is 19.2. The number of H-pyrrole nitrogens is 1. The Hall–Kier alpha value is -3.37. The monoisotopic (exact) mass is 623 g/mol. The fourth-order valence-electron chi connectivity index (χ4n) is 6.07. The lowest BCUT2D eigenvalue weighted by molar-refractivity contribution is -0.126. The van der Waals surface area contributed by atoms with Crippen molar-refractivity contribution in [2.45, 2.75) is 45.7 Å². The first-order valence-corrected chi connectivity index (χ1v) is 14.7. The van der Waals surface area contributed by atoms with Crippen molar-refractivity contribution in [1.29, 1.82) is 0 Å². The van der Waals surface area contributed by atoms with Crippen LogP contribution in [0.2, 0.25) is 5.02 Å². The molecule has 4 aromatic rings. The van der Waals surface area contributed by atoms with E-state index < -0.39 is 0 Å². The fraction of sp³-hybridized carbons (Fsp3) is 0.379. The number of hydrogen-bond donors (Lipinski definition) is 2. The Morgan fingerprint density at radius 1 is 1.25 bits per heavy atom. The molecule has 4 heterocycles. The molecule has 1 fully saturated rings. The van der Waals surface area contributed by atoms with Crippen LogP contribution in [0.5, 0.6) is 0 Å². The number of piperidine rings is 1. The van der Waals surface area contributed by atoms with E-state index in [1.165, 1.54) is 0 Å². The maximum Gasteiger partial charge on any atom is 0.254 e. The summed E-state index contributed by atoms with van der Waals surface area (Å²) in [5, 5.41) is 16.8. The summed E-state index contributed by atoms with van der Waals surface area (Å²) < 4.78 is 2.71. The van der Waals surface area contributed by atoms with Crippen molar-refractivity contribution < 1.29 is 9.59 Å². The molecular weight excluding hydrogens is 594 g/mol. The average Bonchev–Trinajstić information content (AvgIpc) is 3.53. The number of carbonyl (C=O) groups excluding carboxylic acids is 2. The van der Waals surface area contributed by atoms with Crippen molar-refractivity contribution in [2.75, 3.05) is 23.8 Å². The molecule has 2 unspecified atom stereocenters. The molecule has 2 N–H and O–H groups in total. The highest BCUT2D eigenvalue weighted by atomic mass is 79.9. The molecule has 2 aliphatic rings. The number of benzene rings is 2. The van der Waals surface area contributed by atoms with Gasteiger partial charge in [-0.05, 0) is 78.0 Å². The second-order valence-electron chi connectivity index (χ2n) is 11.1. The van der Waals surface area contributed by atoms with Crippen LogP contribution in [0, 0.1) is 11.8 Å². The van der Waals surface area contributed by atoms with E-state index in [0.29, 0.717) is 29.5 Å². The second kappa shape index (κ2) is 10.2. The van der Waals surface area contributed by atoms with Gasteiger partial charge in [0.2, 0.25) is 5.91 Å². The normalized spacial score (nSPS) is 20.7. The molecule has 1 saturated heterocycles. The summed E-state index contributed by atoms with van der Waals surface area (Å²) >= 11 is 9.70. The predicted octanol–water partition coefficient (Wildman–Crippen LogP) is 6.19. The zero-order valence-electron chi connectivity index (χ0n) is 22.8. The molecule has 0 spiro atoms. The molecule has 40 heavy (non-hydrogen) atoms. The quantitative estimate of drug-likeness (QED) is 0.276. The van der Waals surface area contributed by atoms with Gasteiger partial charge in [-0.3, -0.25) is 19.6 Å². The van der Waals surface area contributed by atoms with Crippen LogP contribution in [-0.2, 0) is 11.2 Å². The Kier molecular flexibility index (Phi) is 6.86. The summed E-state index contributed by atoms with van der Waals surface area (Å²) in [6.07, 6.45) is 3.19. The molecule has 11 heteroatoms. The van der Waals surface area contributed by atoms with Crippen LogP contribution < -0.4 is 10.2 Å². The molecule has 2 aliphatic heterocycles. The smallest absolute Gasteiger partial charge is 0.254 e. The lowest BCUT2D eigenvalue weighted by Crippen LogP contribution is -2.56. The number of nitrogens with one attached hydrogen (secondary N) is 2. The maximum atomic E-state index is 14.4. The van der Waals surface area contributed by atoms with E-state index >= 15 is 0 Å². The SMILES string of the molecule is CNc1n[nH]c2cc(N3C(=O)C4C[C@@H](C)N(C(=O)c5ccc(Br)c(Cl)c5)CC4n4ncc(CC(C)C)c43)ccc12. The molecule has 9 nitrogen and oxygen atoms in total. The zero-order chi connectivity index (χ0) is 28.3. The van der Waals surface area contributed by atoms with Gasteiger partial charge in [0.15, 0.2) is 5.82 Å². The summed E-state index contributed by atoms with van der Waals surface area (Å²) in [4.78, 5) is 31.7. The van der Waals surface area contributed by atoms with Gasteiger partial charge in [0.1, 0.15) is 5.82 Å². The highest BCUT2D eigenvalue weighted by Gasteiger charge is 2.48. The molecule has 0 aliphatic carbocycles. The van der Waals surface area contributed by atoms with Crippen LogP contribution in [0.4, 0.5) is 17.3 Å². The van der Waals surface area contributed by atoms with Gasteiger partial charge in [-0.15, -0.1) is 0 Å². The topological polar surface area (TPSA) is 99.2 Å². The van der Waals surface area contributed by atoms with E-state index in [0.717, 1.165) is 44.7 Å². The number of aromatic amines is 1. The number of hydrogen-bond acceptors (Lipinski definition) is 5. The lowest BCUT2D eigenvalue weighted by Gasteiger charge is -2.47. The van der Waals surface area contributed by atoms with Gasteiger partial charge in [-0.2, -0.15) is 10.2 Å². The molecule has 2 amide bonds. The van der Waals surface area contributed by atoms with Crippen LogP contribution >= 0.6 is 27.5 Å². The van der Waals surface area contributed by atoms with Gasteiger partial charge in [-0.25, -0.2) is 4.68 Å². The van der Waals surface area contributed by atoms with Crippen molar-refractivity contribution in [3.63, 3.8) is 0 Å². The highest BCUT2D eigenvalue weighted by molar-refractivity contribution is 9.10. The average molecular weight is 625 g/mol. The highest BCUT2D eigenvalue weighted by Crippen LogP contribution is 2.45. The minimum atomic E-state index is -0.322. The molecular formula is C29H31BrClN7O2. The summed E-state index contributed by atoms with van der Waals surface area (Å²) in [7, 11) is 1.83. The van der Waals surface area contributed by atoms with Gasteiger partial charge < -0.3 is 10.2 Å². The number of amides is 2. The molecule has 3 atom stereocenters. The summed E-state index contributed by atoms with van der Waals surface area (Å²) in [5.74, 6) is 1.52. The summed E-state index contributed by atoms with van der Waals surface area (Å²) in [6.45, 7) is 6.71. The molecule has 2 aromatic carbocycles. The van der Waals surface area contributed by atoms with Crippen molar-refractivity contribution in [3.05, 3.63) is 63.2 Å². The fourth-order valence-corrected chi connectivity index (χ4v) is 6.50. The Morgan fingerprint density at radius 3 is 2.77 bits per heavy atom. The molecule has 2 aromatic heterocycles. The lowest BCUT2D eigenvalue weighted by atomic mass is 9.84. The number of rotatable bonds is 5. The number of likely N-dealkylation sites (tertiary alicyclic amines) is 1. The van der Waals surface area contributed by atoms with Crippen LogP contribution in [0.15, 0.2) is 47.1 Å². The van der Waals surface area contributed by atoms with Crippen molar-refractivity contribution in [1.82, 2.24) is 24.9 Å². The van der Waals surface area contributed by atoms with E-state index in [1.807, 2.05) is 52.8 Å². The predicted molar refractivity (Wildman–Crippen MR) is 160 cm³/mol. The Labute approximate surface area is 246 Å². The van der Waals surface area contributed by atoms with Crippen molar-refractivity contribution in [2.24, 2.45) is 11.8 Å². The van der Waals surface area contributed by atoms with Gasteiger partial charge in [-0.1, -0.05) is 25.4 Å². The molecule has 0 radical (unpaired) electrons. The van der Waals surface area contributed by atoms with Crippen molar-refractivity contribution >= 4 is 67.6 Å². The number of aromatic nitrogens is 4. The number of anilines is 3. The van der Waals surface area contributed by atoms with E-state index in [1.54, 1.807) is 18.2 Å². The third-order valence-electron chi connectivity index (χ3n) is 7.98. The van der Waals surface area contributed by atoms with Crippen LogP contribution in [-0.4, -0.2) is 56.3 Å². The summed E-state index contributed by atoms with van der Waals surface area (Å²) in [6, 6.07) is 10.8. The van der Waals surface area contributed by atoms with Gasteiger partial charge in [0.25, 0.3) is 5.91 Å². The number of fused-ring (bicyclic) bond motifs is 4. The minimum absolute atomic E-state index is 0.0290. The Balaban J connectivity index is 1.42. The molecule has 0 bridgehead atoms. The first-order valence-electron chi connectivity index (χ1n) is 13.5. The third kappa shape index (κ3) is 4.37. The standard InChI is InChI=1S/C29H31BrClN7O2/c1-15(2)9-18-13-33-38-25-14-36(28(39)17-5-8-22(30)23(31)11-17)16(3)10-21(25)29(40)37(27(18)38)19-6-7-20-24(12-19)34-35-26(20)32-4/h5-8,11-13,15-16,21,25H,9-10,14H2,1-4H3,(H2,32,34,35)/t16-,21?,25?/m1/s1. The molecule has 208 valence electrons. The van der Waals surface area contributed by atoms with Gasteiger partial charge >= 0.3 is 0 Å². The van der Waals surface area contributed by atoms with Gasteiger partial charge in [0.05, 0.1) is 34.4 Å². The Morgan fingerprint density at radius 2 is 2.05 bits per heavy atom. The maximum absolute atomic E-state index is 14.4. The van der Waals surface area contributed by atoms with Gasteiger partial charge in [0, 0.05) is 40.6 Å². The number of halogens is 2. The Bertz CT molecular complexity index is 1630. The number of carbonyl (C=O) groups is 2. The van der Waals surface area contributed by atoms with E-state index in [9.17, 15) is 9.59 Å². The van der Waals surface area contributed by atoms with Crippen LogP contribution in [0.25, 0.3) is 10.9 Å². The van der Waals surface area contributed by atoms with Crippen molar-refractivity contribution in [3.8, 4) is 0 Å². The number of nitrogens with zero attached hydrogens (tertiary/aromatic N) is 5. The largest absolute Gasteiger partial charge is 0.371 e. The van der Waals surface area contributed by atoms with E-state index in [-0.39, 0.29) is 29.8 Å². The molecule has 6 rings (SSSR count). The van der Waals surface area contributed by atoms with E-state index in [4.69, 9.17) is 16.7 Å². The van der Waals surface area contributed by atoms with E-state index in [2.05, 4.69) is 45.3 Å².